The van der Waals surface area contributed by atoms with Crippen molar-refractivity contribution in [2.24, 2.45) is 0 Å². The van der Waals surface area contributed by atoms with Gasteiger partial charge in [0.05, 0.1) is 17.2 Å². The summed E-state index contributed by atoms with van der Waals surface area (Å²) in [4.78, 5) is 12.2. The Balaban J connectivity index is 2.42. The van der Waals surface area contributed by atoms with Crippen molar-refractivity contribution < 1.29 is 13.7 Å². The van der Waals surface area contributed by atoms with Crippen LogP contribution in [-0.2, 0) is 20.3 Å². The average Bonchev–Trinajstić information content (AvgIpc) is 2.25. The van der Waals surface area contributed by atoms with Crippen LogP contribution in [0.1, 0.15) is 27.2 Å². The highest BCUT2D eigenvalue weighted by atomic mass is 32.2. The zero-order valence-electron chi connectivity index (χ0n) is 10.4. The third-order valence-corrected chi connectivity index (χ3v) is 3.29. The lowest BCUT2D eigenvalue weighted by molar-refractivity contribution is -0.154. The van der Waals surface area contributed by atoms with E-state index in [2.05, 4.69) is 0 Å². The molecule has 1 atom stereocenters. The molecule has 4 heteroatoms. The highest BCUT2D eigenvalue weighted by Crippen LogP contribution is 2.10. The molecule has 1 aromatic carbocycles. The predicted octanol–water partition coefficient (Wildman–Crippen LogP) is 2.53. The summed E-state index contributed by atoms with van der Waals surface area (Å²) in [6.45, 7) is 5.46. The Labute approximate surface area is 105 Å². The van der Waals surface area contributed by atoms with Gasteiger partial charge in [-0.3, -0.25) is 9.00 Å². The molecule has 0 heterocycles. The molecule has 0 aliphatic rings. The molecule has 0 fully saturated rings. The third kappa shape index (κ3) is 5.63. The predicted molar refractivity (Wildman–Crippen MR) is 68.2 cm³/mol. The van der Waals surface area contributed by atoms with Crippen LogP contribution >= 0.6 is 0 Å². The van der Waals surface area contributed by atoms with E-state index in [-0.39, 0.29) is 12.4 Å². The van der Waals surface area contributed by atoms with Gasteiger partial charge in [0, 0.05) is 10.6 Å². The molecule has 0 radical (unpaired) electrons. The van der Waals surface area contributed by atoms with Gasteiger partial charge in [0.25, 0.3) is 0 Å². The second-order valence-electron chi connectivity index (χ2n) is 4.70. The lowest BCUT2D eigenvalue weighted by Gasteiger charge is -2.19. The standard InChI is InChI=1S/C13H18O3S/c1-13(2,3)16-12(14)9-10-17(15)11-7-5-4-6-8-11/h4-8H,9-10H2,1-3H3. The van der Waals surface area contributed by atoms with Crippen LogP contribution in [0.2, 0.25) is 0 Å². The van der Waals surface area contributed by atoms with Gasteiger partial charge in [0.1, 0.15) is 5.60 Å². The van der Waals surface area contributed by atoms with Crippen LogP contribution in [0.3, 0.4) is 0 Å². The zero-order chi connectivity index (χ0) is 12.9. The molecule has 94 valence electrons. The monoisotopic (exact) mass is 254 g/mol. The number of ether oxygens (including phenoxy) is 1. The number of hydrogen-bond acceptors (Lipinski definition) is 3. The number of carbonyl (C=O) groups excluding carboxylic acids is 1. The van der Waals surface area contributed by atoms with E-state index in [4.69, 9.17) is 4.74 Å². The van der Waals surface area contributed by atoms with Crippen molar-refractivity contribution in [3.8, 4) is 0 Å². The van der Waals surface area contributed by atoms with E-state index in [1.165, 1.54) is 0 Å². The van der Waals surface area contributed by atoms with Crippen molar-refractivity contribution >= 4 is 16.8 Å². The first kappa shape index (κ1) is 13.9. The maximum absolute atomic E-state index is 11.8. The Morgan fingerprint density at radius 2 is 1.82 bits per heavy atom. The Kier molecular flexibility index (Phi) is 4.87. The molecule has 0 spiro atoms. The van der Waals surface area contributed by atoms with Gasteiger partial charge in [-0.25, -0.2) is 0 Å². The molecule has 0 saturated heterocycles. The molecule has 1 aromatic rings. The Morgan fingerprint density at radius 1 is 1.24 bits per heavy atom. The van der Waals surface area contributed by atoms with Crippen molar-refractivity contribution in [1.29, 1.82) is 0 Å². The van der Waals surface area contributed by atoms with Gasteiger partial charge in [-0.15, -0.1) is 0 Å². The van der Waals surface area contributed by atoms with E-state index in [9.17, 15) is 9.00 Å². The highest BCUT2D eigenvalue weighted by Gasteiger charge is 2.16. The van der Waals surface area contributed by atoms with Crippen molar-refractivity contribution in [3.63, 3.8) is 0 Å². The van der Waals surface area contributed by atoms with Crippen LogP contribution in [0.25, 0.3) is 0 Å². The highest BCUT2D eigenvalue weighted by molar-refractivity contribution is 7.85. The van der Waals surface area contributed by atoms with Gasteiger partial charge < -0.3 is 4.74 Å². The maximum Gasteiger partial charge on any atom is 0.307 e. The number of rotatable bonds is 4. The molecule has 17 heavy (non-hydrogen) atoms. The van der Waals surface area contributed by atoms with Crippen LogP contribution < -0.4 is 0 Å². The molecular weight excluding hydrogens is 236 g/mol. The summed E-state index contributed by atoms with van der Waals surface area (Å²) in [5, 5.41) is 0. The van der Waals surface area contributed by atoms with Crippen LogP contribution in [-0.4, -0.2) is 21.5 Å². The molecule has 0 saturated carbocycles. The molecule has 0 amide bonds. The van der Waals surface area contributed by atoms with Crippen molar-refractivity contribution in [3.05, 3.63) is 30.3 Å². The minimum atomic E-state index is -1.13. The van der Waals surface area contributed by atoms with Gasteiger partial charge in [-0.05, 0) is 32.9 Å². The van der Waals surface area contributed by atoms with Crippen LogP contribution in [0, 0.1) is 0 Å². The van der Waals surface area contributed by atoms with E-state index in [1.807, 2.05) is 39.0 Å². The summed E-state index contributed by atoms with van der Waals surface area (Å²) in [5.41, 5.74) is -0.481. The fourth-order valence-corrected chi connectivity index (χ4v) is 2.31. The van der Waals surface area contributed by atoms with Crippen molar-refractivity contribution in [2.45, 2.75) is 37.7 Å². The summed E-state index contributed by atoms with van der Waals surface area (Å²) in [6, 6.07) is 9.13. The molecular formula is C13H18O3S. The molecule has 1 unspecified atom stereocenters. The molecule has 0 aromatic heterocycles. The summed E-state index contributed by atoms with van der Waals surface area (Å²) in [7, 11) is -1.13. The van der Waals surface area contributed by atoms with E-state index in [0.29, 0.717) is 5.75 Å². The molecule has 0 aliphatic carbocycles. The number of hydrogen-bond donors (Lipinski definition) is 0. The van der Waals surface area contributed by atoms with Crippen molar-refractivity contribution in [2.75, 3.05) is 5.75 Å². The maximum atomic E-state index is 11.8. The topological polar surface area (TPSA) is 43.4 Å². The van der Waals surface area contributed by atoms with E-state index < -0.39 is 16.4 Å². The molecule has 0 aliphatic heterocycles. The van der Waals surface area contributed by atoms with E-state index in [1.54, 1.807) is 12.1 Å². The summed E-state index contributed by atoms with van der Waals surface area (Å²) >= 11 is 0. The van der Waals surface area contributed by atoms with E-state index in [0.717, 1.165) is 4.90 Å². The molecule has 0 bridgehead atoms. The Hall–Kier alpha value is -1.16. The van der Waals surface area contributed by atoms with E-state index >= 15 is 0 Å². The first-order chi connectivity index (χ1) is 7.88. The fraction of sp³-hybridized carbons (Fsp3) is 0.462. The second-order valence-corrected chi connectivity index (χ2v) is 6.27. The Bertz CT molecular complexity index is 393. The summed E-state index contributed by atoms with van der Waals surface area (Å²) < 4.78 is 17.0. The second kappa shape index (κ2) is 5.96. The van der Waals surface area contributed by atoms with Gasteiger partial charge in [0.15, 0.2) is 0 Å². The number of benzene rings is 1. The lowest BCUT2D eigenvalue weighted by atomic mass is 10.2. The molecule has 0 N–H and O–H groups in total. The van der Waals surface area contributed by atoms with Crippen molar-refractivity contribution in [1.82, 2.24) is 0 Å². The van der Waals surface area contributed by atoms with Crippen LogP contribution in [0.4, 0.5) is 0 Å². The largest absolute Gasteiger partial charge is 0.460 e. The summed E-state index contributed by atoms with van der Waals surface area (Å²) in [6.07, 6.45) is 0.179. The normalized spacial score (nSPS) is 13.1. The number of carbonyl (C=O) groups is 1. The molecule has 3 nitrogen and oxygen atoms in total. The smallest absolute Gasteiger partial charge is 0.307 e. The minimum absolute atomic E-state index is 0.179. The van der Waals surface area contributed by atoms with Crippen LogP contribution in [0.5, 0.6) is 0 Å². The lowest BCUT2D eigenvalue weighted by Crippen LogP contribution is -2.24. The first-order valence-electron chi connectivity index (χ1n) is 5.54. The van der Waals surface area contributed by atoms with Gasteiger partial charge >= 0.3 is 5.97 Å². The average molecular weight is 254 g/mol. The third-order valence-electron chi connectivity index (χ3n) is 1.92. The molecule has 1 rings (SSSR count). The van der Waals surface area contributed by atoms with Crippen LogP contribution in [0.15, 0.2) is 35.2 Å². The summed E-state index contributed by atoms with van der Waals surface area (Å²) in [5.74, 6) is 0.000584. The number of esters is 1. The van der Waals surface area contributed by atoms with Gasteiger partial charge in [0.2, 0.25) is 0 Å². The van der Waals surface area contributed by atoms with Gasteiger partial charge in [-0.1, -0.05) is 18.2 Å². The Morgan fingerprint density at radius 3 is 2.35 bits per heavy atom. The minimum Gasteiger partial charge on any atom is -0.460 e. The fourth-order valence-electron chi connectivity index (χ4n) is 1.26. The first-order valence-corrected chi connectivity index (χ1v) is 6.86. The quantitative estimate of drug-likeness (QED) is 0.775. The zero-order valence-corrected chi connectivity index (χ0v) is 11.3. The van der Waals surface area contributed by atoms with Gasteiger partial charge in [-0.2, -0.15) is 0 Å². The SMILES string of the molecule is CC(C)(C)OC(=O)CCS(=O)c1ccccc1.